The van der Waals surface area contributed by atoms with Gasteiger partial charge in [0.05, 0.1) is 13.2 Å². The average molecular weight is 371 g/mol. The molecule has 0 bridgehead atoms. The Morgan fingerprint density at radius 2 is 1.85 bits per heavy atom. The van der Waals surface area contributed by atoms with Gasteiger partial charge in [0.1, 0.15) is 17.4 Å². The molecule has 0 unspecified atom stereocenters. The molecule has 2 aromatic heterocycles. The summed E-state index contributed by atoms with van der Waals surface area (Å²) >= 11 is 6.18. The van der Waals surface area contributed by atoms with Crippen LogP contribution in [-0.4, -0.2) is 52.8 Å². The van der Waals surface area contributed by atoms with Crippen LogP contribution in [0.4, 0.5) is 11.6 Å². The summed E-state index contributed by atoms with van der Waals surface area (Å²) in [5.41, 5.74) is 2.61. The number of aromatic nitrogens is 4. The van der Waals surface area contributed by atoms with Gasteiger partial charge >= 0.3 is 0 Å². The minimum absolute atomic E-state index is 0.194. The number of hydrogen-bond donors (Lipinski definition) is 1. The monoisotopic (exact) mass is 370 g/mol. The number of ether oxygens (including phenoxy) is 1. The first-order chi connectivity index (χ1) is 12.8. The highest BCUT2D eigenvalue weighted by atomic mass is 35.5. The predicted molar refractivity (Wildman–Crippen MR) is 102 cm³/mol. The lowest BCUT2D eigenvalue weighted by Crippen LogP contribution is -2.37. The first-order valence-electron chi connectivity index (χ1n) is 8.60. The van der Waals surface area contributed by atoms with Crippen LogP contribution in [0.1, 0.15) is 5.56 Å². The molecule has 1 fully saturated rings. The Balaban J connectivity index is 1.60. The summed E-state index contributed by atoms with van der Waals surface area (Å²) in [5, 5.41) is 3.54. The van der Waals surface area contributed by atoms with E-state index in [1.807, 2.05) is 18.2 Å². The molecule has 1 aliphatic heterocycles. The third kappa shape index (κ3) is 3.68. The maximum atomic E-state index is 6.18. The van der Waals surface area contributed by atoms with E-state index in [2.05, 4.69) is 42.3 Å². The Kier molecular flexibility index (Phi) is 5.08. The van der Waals surface area contributed by atoms with Gasteiger partial charge in [-0.1, -0.05) is 30.3 Å². The fourth-order valence-electron chi connectivity index (χ4n) is 3.00. The minimum atomic E-state index is 0.194. The van der Waals surface area contributed by atoms with E-state index in [0.717, 1.165) is 31.9 Å². The summed E-state index contributed by atoms with van der Waals surface area (Å²) in [6, 6.07) is 10.3. The Morgan fingerprint density at radius 1 is 1.04 bits per heavy atom. The van der Waals surface area contributed by atoms with Gasteiger partial charge in [0.15, 0.2) is 11.6 Å². The smallest absolute Gasteiger partial charge is 0.225 e. The van der Waals surface area contributed by atoms with Crippen LogP contribution in [0.5, 0.6) is 0 Å². The molecule has 0 aliphatic carbocycles. The van der Waals surface area contributed by atoms with Crippen molar-refractivity contribution in [2.24, 2.45) is 0 Å². The summed E-state index contributed by atoms with van der Waals surface area (Å²) < 4.78 is 5.42. The molecular weight excluding hydrogens is 352 g/mol. The van der Waals surface area contributed by atoms with Crippen molar-refractivity contribution in [2.75, 3.05) is 43.1 Å². The number of halogens is 1. The van der Waals surface area contributed by atoms with E-state index in [4.69, 9.17) is 16.3 Å². The van der Waals surface area contributed by atoms with Gasteiger partial charge in [-0.25, -0.2) is 15.0 Å². The van der Waals surface area contributed by atoms with Gasteiger partial charge in [0.25, 0.3) is 0 Å². The van der Waals surface area contributed by atoms with E-state index < -0.39 is 0 Å². The van der Waals surface area contributed by atoms with Crippen molar-refractivity contribution < 1.29 is 4.74 Å². The molecule has 7 nitrogen and oxygen atoms in total. The number of anilines is 2. The van der Waals surface area contributed by atoms with Crippen molar-refractivity contribution in [3.05, 3.63) is 47.5 Å². The van der Waals surface area contributed by atoms with Gasteiger partial charge in [-0.05, 0) is 23.6 Å². The molecule has 0 atom stereocenters. The molecule has 8 heteroatoms. The van der Waals surface area contributed by atoms with E-state index in [9.17, 15) is 0 Å². The molecule has 4 rings (SSSR count). The maximum absolute atomic E-state index is 6.18. The standard InChI is InChI=1S/C18H19ClN6O/c19-18-23-14-15(17(24-18)25-8-10-26-11-9-25)21-12-22-16(14)20-7-6-13-4-2-1-3-5-13/h1-5,12H,6-11H2,(H,20,21,22). The SMILES string of the molecule is Clc1nc(N2CCOCC2)c2ncnc(NCCc3ccccc3)c2n1. The van der Waals surface area contributed by atoms with E-state index in [1.165, 1.54) is 11.9 Å². The fraction of sp³-hybridized carbons (Fsp3) is 0.333. The zero-order chi connectivity index (χ0) is 17.8. The summed E-state index contributed by atoms with van der Waals surface area (Å²) in [7, 11) is 0. The number of benzene rings is 1. The summed E-state index contributed by atoms with van der Waals surface area (Å²) in [6.45, 7) is 3.57. The first kappa shape index (κ1) is 16.9. The Morgan fingerprint density at radius 3 is 2.65 bits per heavy atom. The number of fused-ring (bicyclic) bond motifs is 1. The zero-order valence-electron chi connectivity index (χ0n) is 14.2. The number of hydrogen-bond acceptors (Lipinski definition) is 7. The van der Waals surface area contributed by atoms with Gasteiger partial charge in [-0.2, -0.15) is 4.98 Å². The second kappa shape index (κ2) is 7.80. The first-order valence-corrected chi connectivity index (χ1v) is 8.98. The molecule has 1 N–H and O–H groups in total. The van der Waals surface area contributed by atoms with Crippen LogP contribution in [0.3, 0.4) is 0 Å². The second-order valence-corrected chi connectivity index (χ2v) is 6.34. The molecule has 26 heavy (non-hydrogen) atoms. The largest absolute Gasteiger partial charge is 0.378 e. The van der Waals surface area contributed by atoms with Crippen LogP contribution < -0.4 is 10.2 Å². The number of morpholine rings is 1. The summed E-state index contributed by atoms with van der Waals surface area (Å²) in [5.74, 6) is 1.40. The maximum Gasteiger partial charge on any atom is 0.225 e. The van der Waals surface area contributed by atoms with Crippen molar-refractivity contribution in [2.45, 2.75) is 6.42 Å². The Labute approximate surface area is 156 Å². The minimum Gasteiger partial charge on any atom is -0.378 e. The fourth-order valence-corrected chi connectivity index (χ4v) is 3.17. The van der Waals surface area contributed by atoms with Crippen LogP contribution in [0.15, 0.2) is 36.7 Å². The molecule has 0 radical (unpaired) electrons. The van der Waals surface area contributed by atoms with Gasteiger partial charge < -0.3 is 15.0 Å². The highest BCUT2D eigenvalue weighted by Gasteiger charge is 2.19. The van der Waals surface area contributed by atoms with Crippen LogP contribution in [0.2, 0.25) is 5.28 Å². The summed E-state index contributed by atoms with van der Waals surface area (Å²) in [6.07, 6.45) is 2.43. The van der Waals surface area contributed by atoms with E-state index in [0.29, 0.717) is 30.1 Å². The third-order valence-electron chi connectivity index (χ3n) is 4.30. The normalized spacial score (nSPS) is 14.6. The van der Waals surface area contributed by atoms with Crippen LogP contribution >= 0.6 is 11.6 Å². The van der Waals surface area contributed by atoms with Gasteiger partial charge in [0.2, 0.25) is 5.28 Å². The van der Waals surface area contributed by atoms with E-state index in [-0.39, 0.29) is 5.28 Å². The molecular formula is C18H19ClN6O. The van der Waals surface area contributed by atoms with Crippen molar-refractivity contribution >= 4 is 34.3 Å². The molecule has 134 valence electrons. The number of nitrogens with zero attached hydrogens (tertiary/aromatic N) is 5. The second-order valence-electron chi connectivity index (χ2n) is 6.00. The highest BCUT2D eigenvalue weighted by molar-refractivity contribution is 6.29. The van der Waals surface area contributed by atoms with Gasteiger partial charge in [-0.15, -0.1) is 0 Å². The quantitative estimate of drug-likeness (QED) is 0.691. The van der Waals surface area contributed by atoms with Crippen LogP contribution in [0.25, 0.3) is 11.0 Å². The molecule has 0 spiro atoms. The van der Waals surface area contributed by atoms with Crippen molar-refractivity contribution in [3.63, 3.8) is 0 Å². The van der Waals surface area contributed by atoms with Crippen molar-refractivity contribution in [1.29, 1.82) is 0 Å². The number of nitrogens with one attached hydrogen (secondary N) is 1. The third-order valence-corrected chi connectivity index (χ3v) is 4.46. The Hall–Kier alpha value is -2.51. The zero-order valence-corrected chi connectivity index (χ0v) is 15.0. The molecule has 3 heterocycles. The van der Waals surface area contributed by atoms with E-state index in [1.54, 1.807) is 0 Å². The molecule has 0 amide bonds. The molecule has 3 aromatic rings. The lowest BCUT2D eigenvalue weighted by Gasteiger charge is -2.28. The molecule has 1 aromatic carbocycles. The van der Waals surface area contributed by atoms with Gasteiger partial charge in [0, 0.05) is 19.6 Å². The number of rotatable bonds is 5. The van der Waals surface area contributed by atoms with Crippen LogP contribution in [0, 0.1) is 0 Å². The molecule has 1 aliphatic rings. The highest BCUT2D eigenvalue weighted by Crippen LogP contribution is 2.27. The predicted octanol–water partition coefficient (Wildman–Crippen LogP) is 2.56. The lowest BCUT2D eigenvalue weighted by atomic mass is 10.1. The van der Waals surface area contributed by atoms with Crippen LogP contribution in [-0.2, 0) is 11.2 Å². The van der Waals surface area contributed by atoms with Crippen molar-refractivity contribution in [1.82, 2.24) is 19.9 Å². The lowest BCUT2D eigenvalue weighted by molar-refractivity contribution is 0.122. The van der Waals surface area contributed by atoms with E-state index >= 15 is 0 Å². The summed E-state index contributed by atoms with van der Waals surface area (Å²) in [4.78, 5) is 19.6. The van der Waals surface area contributed by atoms with Crippen molar-refractivity contribution in [3.8, 4) is 0 Å². The Bertz CT molecular complexity index is 885. The topological polar surface area (TPSA) is 76.1 Å². The average Bonchev–Trinajstić information content (AvgIpc) is 2.69. The van der Waals surface area contributed by atoms with Gasteiger partial charge in [-0.3, -0.25) is 0 Å². The molecule has 1 saturated heterocycles. The molecule has 0 saturated carbocycles.